The van der Waals surface area contributed by atoms with E-state index in [0.717, 1.165) is 66.8 Å². The molecule has 2 aliphatic rings. The highest BCUT2D eigenvalue weighted by atomic mass is 35.5. The van der Waals surface area contributed by atoms with Crippen LogP contribution in [0.3, 0.4) is 0 Å². The zero-order valence-corrected chi connectivity index (χ0v) is 17.8. The minimum atomic E-state index is 0. The van der Waals surface area contributed by atoms with E-state index in [2.05, 4.69) is 15.2 Å². The molecule has 0 aliphatic carbocycles. The Bertz CT molecular complexity index is 749. The van der Waals surface area contributed by atoms with Crippen LogP contribution in [0.2, 0.25) is 0 Å². The summed E-state index contributed by atoms with van der Waals surface area (Å²) in [5, 5.41) is 4.32. The van der Waals surface area contributed by atoms with Crippen LogP contribution >= 0.6 is 36.2 Å². The van der Waals surface area contributed by atoms with Crippen molar-refractivity contribution >= 4 is 42.1 Å². The van der Waals surface area contributed by atoms with Gasteiger partial charge in [0.25, 0.3) is 5.91 Å². The number of piperazine rings is 1. The van der Waals surface area contributed by atoms with Gasteiger partial charge in [-0.15, -0.1) is 36.2 Å². The fourth-order valence-corrected chi connectivity index (χ4v) is 4.75. The van der Waals surface area contributed by atoms with E-state index in [9.17, 15) is 4.79 Å². The van der Waals surface area contributed by atoms with Crippen LogP contribution in [0, 0.1) is 6.92 Å². The molecule has 0 spiro atoms. The molecule has 2 aromatic rings. The monoisotopic (exact) mass is 428 g/mol. The minimum absolute atomic E-state index is 0. The van der Waals surface area contributed by atoms with Crippen molar-refractivity contribution in [3.63, 3.8) is 0 Å². The molecule has 4 rings (SSSR count). The van der Waals surface area contributed by atoms with Gasteiger partial charge in [0.05, 0.1) is 5.69 Å². The van der Waals surface area contributed by atoms with Crippen molar-refractivity contribution in [3.8, 4) is 10.6 Å². The lowest BCUT2D eigenvalue weighted by molar-refractivity contribution is 0.0777. The van der Waals surface area contributed by atoms with Crippen LogP contribution in [0.5, 0.6) is 0 Å². The maximum Gasteiger partial charge on any atom is 0.265 e. The number of thiazole rings is 1. The second kappa shape index (κ2) is 9.85. The number of aryl methyl sites for hydroxylation is 1. The molecule has 1 atom stereocenters. The summed E-state index contributed by atoms with van der Waals surface area (Å²) in [5.41, 5.74) is 1.93. The Balaban J connectivity index is 0.00000131. The van der Waals surface area contributed by atoms with E-state index < -0.39 is 0 Å². The van der Waals surface area contributed by atoms with E-state index in [-0.39, 0.29) is 30.7 Å². The molecule has 0 saturated carbocycles. The molecular weight excluding hydrogens is 403 g/mol. The lowest BCUT2D eigenvalue weighted by Crippen LogP contribution is -2.49. The number of hydrogen-bond acceptors (Lipinski definition) is 5. The average Bonchev–Trinajstić information content (AvgIpc) is 3.30. The van der Waals surface area contributed by atoms with Gasteiger partial charge < -0.3 is 10.2 Å². The number of halogens is 2. The number of carbonyl (C=O) groups excluding carboxylic acids is 1. The lowest BCUT2D eigenvalue weighted by atomic mass is 10.2. The summed E-state index contributed by atoms with van der Waals surface area (Å²) < 4.78 is 0. The molecule has 2 fully saturated rings. The van der Waals surface area contributed by atoms with Crippen LogP contribution in [-0.2, 0) is 0 Å². The van der Waals surface area contributed by atoms with E-state index in [1.165, 1.54) is 11.3 Å². The van der Waals surface area contributed by atoms with Gasteiger partial charge in [-0.25, -0.2) is 4.98 Å². The third kappa shape index (κ3) is 4.81. The number of nitrogens with one attached hydrogen (secondary N) is 1. The van der Waals surface area contributed by atoms with Gasteiger partial charge in [-0.2, -0.15) is 0 Å². The number of rotatable bonds is 3. The molecule has 1 aromatic heterocycles. The molecule has 1 N–H and O–H groups in total. The zero-order chi connectivity index (χ0) is 17.2. The fourth-order valence-electron chi connectivity index (χ4n) is 3.71. The van der Waals surface area contributed by atoms with Crippen LogP contribution in [0.4, 0.5) is 0 Å². The van der Waals surface area contributed by atoms with Crippen LogP contribution in [-0.4, -0.2) is 66.0 Å². The van der Waals surface area contributed by atoms with Crippen molar-refractivity contribution in [1.29, 1.82) is 0 Å². The van der Waals surface area contributed by atoms with Gasteiger partial charge in [-0.1, -0.05) is 30.3 Å². The Morgan fingerprint density at radius 1 is 1.15 bits per heavy atom. The van der Waals surface area contributed by atoms with Crippen molar-refractivity contribution in [3.05, 3.63) is 40.9 Å². The standard InChI is InChI=1S/C19H24N4OS.2ClH/c1-14-17(25-18(21-14)15-5-3-2-4-6-15)19(24)23-10-7-16(13-23)22-11-8-20-9-12-22;;/h2-6,16,20H,7-13H2,1H3;2*1H. The molecule has 8 heteroatoms. The first-order valence-corrected chi connectivity index (χ1v) is 9.81. The maximum atomic E-state index is 13.0. The summed E-state index contributed by atoms with van der Waals surface area (Å²) in [4.78, 5) is 23.0. The molecule has 0 bridgehead atoms. The van der Waals surface area contributed by atoms with Crippen LogP contribution < -0.4 is 5.32 Å². The molecular formula is C19H26Cl2N4OS. The largest absolute Gasteiger partial charge is 0.336 e. The van der Waals surface area contributed by atoms with Gasteiger partial charge in [0.1, 0.15) is 9.88 Å². The first-order valence-electron chi connectivity index (χ1n) is 8.99. The van der Waals surface area contributed by atoms with Crippen LogP contribution in [0.1, 0.15) is 21.8 Å². The summed E-state index contributed by atoms with van der Waals surface area (Å²) >= 11 is 1.52. The molecule has 2 aliphatic heterocycles. The topological polar surface area (TPSA) is 48.5 Å². The number of benzene rings is 1. The van der Waals surface area contributed by atoms with Gasteiger partial charge >= 0.3 is 0 Å². The van der Waals surface area contributed by atoms with Crippen molar-refractivity contribution in [2.24, 2.45) is 0 Å². The Morgan fingerprint density at radius 2 is 1.85 bits per heavy atom. The summed E-state index contributed by atoms with van der Waals surface area (Å²) in [6.45, 7) is 7.93. The highest BCUT2D eigenvalue weighted by Crippen LogP contribution is 2.29. The Labute approximate surface area is 177 Å². The molecule has 1 aromatic carbocycles. The summed E-state index contributed by atoms with van der Waals surface area (Å²) in [5.74, 6) is 0.148. The molecule has 5 nitrogen and oxygen atoms in total. The fraction of sp³-hybridized carbons (Fsp3) is 0.474. The summed E-state index contributed by atoms with van der Waals surface area (Å²) in [6, 6.07) is 10.6. The van der Waals surface area contributed by atoms with E-state index in [4.69, 9.17) is 0 Å². The Morgan fingerprint density at radius 3 is 2.56 bits per heavy atom. The Hall–Kier alpha value is -1.18. The number of aromatic nitrogens is 1. The third-order valence-corrected chi connectivity index (χ3v) is 6.32. The number of nitrogens with zero attached hydrogens (tertiary/aromatic N) is 3. The predicted molar refractivity (Wildman–Crippen MR) is 116 cm³/mol. The van der Waals surface area contributed by atoms with Gasteiger partial charge in [0, 0.05) is 50.9 Å². The molecule has 1 unspecified atom stereocenters. The predicted octanol–water partition coefficient (Wildman–Crippen LogP) is 3.08. The molecule has 148 valence electrons. The second-order valence-corrected chi connectivity index (χ2v) is 7.78. The first-order chi connectivity index (χ1) is 12.2. The summed E-state index contributed by atoms with van der Waals surface area (Å²) in [7, 11) is 0. The summed E-state index contributed by atoms with van der Waals surface area (Å²) in [6.07, 6.45) is 1.08. The first kappa shape index (κ1) is 22.1. The SMILES string of the molecule is Cc1nc(-c2ccccc2)sc1C(=O)N1CCC(N2CCNCC2)C1.Cl.Cl. The van der Waals surface area contributed by atoms with Crippen LogP contribution in [0.25, 0.3) is 10.6 Å². The Kier molecular flexibility index (Phi) is 8.06. The minimum Gasteiger partial charge on any atom is -0.336 e. The zero-order valence-electron chi connectivity index (χ0n) is 15.4. The molecule has 0 radical (unpaired) electrons. The molecule has 3 heterocycles. The third-order valence-electron chi connectivity index (χ3n) is 5.13. The molecule has 27 heavy (non-hydrogen) atoms. The van der Waals surface area contributed by atoms with E-state index in [1.807, 2.05) is 42.2 Å². The number of hydrogen-bond donors (Lipinski definition) is 1. The molecule has 1 amide bonds. The normalized spacial score (nSPS) is 20.0. The molecule has 2 saturated heterocycles. The van der Waals surface area contributed by atoms with Crippen molar-refractivity contribution in [2.45, 2.75) is 19.4 Å². The lowest BCUT2D eigenvalue weighted by Gasteiger charge is -2.32. The second-order valence-electron chi connectivity index (χ2n) is 6.78. The van der Waals surface area contributed by atoms with Crippen molar-refractivity contribution < 1.29 is 4.79 Å². The van der Waals surface area contributed by atoms with E-state index in [0.29, 0.717) is 6.04 Å². The van der Waals surface area contributed by atoms with Crippen molar-refractivity contribution in [1.82, 2.24) is 20.1 Å². The highest BCUT2D eigenvalue weighted by molar-refractivity contribution is 7.17. The van der Waals surface area contributed by atoms with E-state index in [1.54, 1.807) is 0 Å². The van der Waals surface area contributed by atoms with Crippen molar-refractivity contribution in [2.75, 3.05) is 39.3 Å². The maximum absolute atomic E-state index is 13.0. The smallest absolute Gasteiger partial charge is 0.265 e. The van der Waals surface area contributed by atoms with Gasteiger partial charge in [0.2, 0.25) is 0 Å². The van der Waals surface area contributed by atoms with E-state index >= 15 is 0 Å². The quantitative estimate of drug-likeness (QED) is 0.815. The van der Waals surface area contributed by atoms with Crippen LogP contribution in [0.15, 0.2) is 30.3 Å². The average molecular weight is 429 g/mol. The number of carbonyl (C=O) groups is 1. The number of likely N-dealkylation sites (tertiary alicyclic amines) is 1. The number of amides is 1. The van der Waals surface area contributed by atoms with Gasteiger partial charge in [0.15, 0.2) is 0 Å². The van der Waals surface area contributed by atoms with Gasteiger partial charge in [-0.3, -0.25) is 9.69 Å². The highest BCUT2D eigenvalue weighted by Gasteiger charge is 2.32. The van der Waals surface area contributed by atoms with Gasteiger partial charge in [-0.05, 0) is 13.3 Å².